The summed E-state index contributed by atoms with van der Waals surface area (Å²) in [5, 5.41) is 8.82. The zero-order valence-electron chi connectivity index (χ0n) is 12.2. The molecule has 0 aromatic carbocycles. The number of carboxylic acids is 1. The van der Waals surface area contributed by atoms with E-state index in [1.165, 1.54) is 4.90 Å². The van der Waals surface area contributed by atoms with Crippen LogP contribution in [0.25, 0.3) is 0 Å². The molecule has 0 aliphatic carbocycles. The van der Waals surface area contributed by atoms with Crippen molar-refractivity contribution in [3.63, 3.8) is 0 Å². The minimum atomic E-state index is -1.01. The third kappa shape index (κ3) is 4.53. The smallest absolute Gasteiger partial charge is 0.323 e. The molecule has 1 aromatic heterocycles. The summed E-state index contributed by atoms with van der Waals surface area (Å²) in [5.74, 6) is -1.01. The van der Waals surface area contributed by atoms with Gasteiger partial charge in [0.05, 0.1) is 12.2 Å². The van der Waals surface area contributed by atoms with Gasteiger partial charge in [-0.1, -0.05) is 6.07 Å². The summed E-state index contributed by atoms with van der Waals surface area (Å²) in [4.78, 5) is 30.3. The van der Waals surface area contributed by atoms with Crippen LogP contribution in [0.3, 0.4) is 0 Å². The minimum Gasteiger partial charge on any atom is -0.480 e. The molecule has 0 fully saturated rings. The summed E-state index contributed by atoms with van der Waals surface area (Å²) in [5.41, 5.74) is 1.69. The van der Waals surface area contributed by atoms with Crippen molar-refractivity contribution in [1.29, 1.82) is 0 Å². The Morgan fingerprint density at radius 3 is 2.35 bits per heavy atom. The van der Waals surface area contributed by atoms with Gasteiger partial charge in [-0.25, -0.2) is 4.79 Å². The molecule has 1 N–H and O–H groups in total. The molecule has 20 heavy (non-hydrogen) atoms. The van der Waals surface area contributed by atoms with E-state index in [0.717, 1.165) is 11.4 Å². The second-order valence-corrected chi connectivity index (χ2v) is 4.47. The van der Waals surface area contributed by atoms with Crippen molar-refractivity contribution < 1.29 is 14.7 Å². The Balaban J connectivity index is 2.78. The number of aromatic nitrogens is 1. The summed E-state index contributed by atoms with van der Waals surface area (Å²) in [6.07, 6.45) is 0. The Labute approximate surface area is 119 Å². The fourth-order valence-electron chi connectivity index (χ4n) is 1.88. The zero-order chi connectivity index (χ0) is 15.1. The van der Waals surface area contributed by atoms with Crippen molar-refractivity contribution in [1.82, 2.24) is 14.8 Å². The highest BCUT2D eigenvalue weighted by Crippen LogP contribution is 2.06. The molecule has 0 radical (unpaired) electrons. The predicted octanol–water partition coefficient (Wildman–Crippen LogP) is 1.74. The number of aliphatic carboxylic acids is 1. The number of nitrogens with zero attached hydrogens (tertiary/aromatic N) is 3. The van der Waals surface area contributed by atoms with Crippen LogP contribution in [0.15, 0.2) is 18.2 Å². The molecule has 0 spiro atoms. The van der Waals surface area contributed by atoms with Gasteiger partial charge in [-0.15, -0.1) is 0 Å². The van der Waals surface area contributed by atoms with Gasteiger partial charge in [-0.05, 0) is 32.9 Å². The lowest BCUT2D eigenvalue weighted by atomic mass is 10.3. The van der Waals surface area contributed by atoms with Crippen LogP contribution in [-0.2, 0) is 11.3 Å². The lowest BCUT2D eigenvalue weighted by Crippen LogP contribution is -2.45. The lowest BCUT2D eigenvalue weighted by Gasteiger charge is -2.28. The average molecular weight is 279 g/mol. The lowest BCUT2D eigenvalue weighted by molar-refractivity contribution is -0.137. The Bertz CT molecular complexity index is 476. The summed E-state index contributed by atoms with van der Waals surface area (Å²) < 4.78 is 0. The number of aryl methyl sites for hydroxylation is 1. The van der Waals surface area contributed by atoms with Gasteiger partial charge in [0.2, 0.25) is 0 Å². The number of carbonyl (C=O) groups is 2. The number of likely N-dealkylation sites (N-methyl/N-ethyl adjacent to an activating group) is 1. The third-order valence-corrected chi connectivity index (χ3v) is 2.93. The van der Waals surface area contributed by atoms with Gasteiger partial charge in [0.1, 0.15) is 6.54 Å². The molecule has 110 valence electrons. The van der Waals surface area contributed by atoms with Gasteiger partial charge in [-0.2, -0.15) is 0 Å². The number of amides is 2. The Morgan fingerprint density at radius 1 is 1.20 bits per heavy atom. The van der Waals surface area contributed by atoms with E-state index in [4.69, 9.17) is 5.11 Å². The first-order valence-corrected chi connectivity index (χ1v) is 6.66. The molecule has 6 nitrogen and oxygen atoms in total. The molecule has 1 heterocycles. The highest BCUT2D eigenvalue weighted by Gasteiger charge is 2.21. The van der Waals surface area contributed by atoms with E-state index in [2.05, 4.69) is 4.98 Å². The number of rotatable bonds is 6. The van der Waals surface area contributed by atoms with E-state index < -0.39 is 5.97 Å². The maximum atomic E-state index is 12.3. The van der Waals surface area contributed by atoms with Gasteiger partial charge in [0.25, 0.3) is 0 Å². The molecule has 0 atom stereocenters. The van der Waals surface area contributed by atoms with E-state index in [1.807, 2.05) is 32.0 Å². The highest BCUT2D eigenvalue weighted by atomic mass is 16.4. The molecule has 0 unspecified atom stereocenters. The van der Waals surface area contributed by atoms with Crippen molar-refractivity contribution in [3.05, 3.63) is 29.6 Å². The molecule has 2 amide bonds. The number of hydrogen-bond donors (Lipinski definition) is 1. The summed E-state index contributed by atoms with van der Waals surface area (Å²) >= 11 is 0. The SMILES string of the molecule is CCN(CC(=O)O)C(=O)N(CC)Cc1cccc(C)n1. The zero-order valence-corrected chi connectivity index (χ0v) is 12.2. The topological polar surface area (TPSA) is 73.7 Å². The van der Waals surface area contributed by atoms with E-state index >= 15 is 0 Å². The molecule has 0 bridgehead atoms. The van der Waals surface area contributed by atoms with Crippen LogP contribution in [0.1, 0.15) is 25.2 Å². The Morgan fingerprint density at radius 2 is 1.85 bits per heavy atom. The van der Waals surface area contributed by atoms with Crippen LogP contribution in [0.4, 0.5) is 4.79 Å². The molecular formula is C14H21N3O3. The van der Waals surface area contributed by atoms with Crippen LogP contribution in [0.5, 0.6) is 0 Å². The minimum absolute atomic E-state index is 0.277. The second kappa shape index (κ2) is 7.47. The molecule has 0 saturated heterocycles. The quantitative estimate of drug-likeness (QED) is 0.860. The largest absolute Gasteiger partial charge is 0.480 e. The molecular weight excluding hydrogens is 258 g/mol. The van der Waals surface area contributed by atoms with Crippen LogP contribution >= 0.6 is 0 Å². The fraction of sp³-hybridized carbons (Fsp3) is 0.500. The Kier molecular flexibility index (Phi) is 5.96. The van der Waals surface area contributed by atoms with Crippen LogP contribution in [-0.4, -0.2) is 51.5 Å². The number of pyridine rings is 1. The van der Waals surface area contributed by atoms with Gasteiger partial charge in [0, 0.05) is 18.8 Å². The van der Waals surface area contributed by atoms with Crippen LogP contribution < -0.4 is 0 Å². The fourth-order valence-corrected chi connectivity index (χ4v) is 1.88. The maximum Gasteiger partial charge on any atom is 0.323 e. The van der Waals surface area contributed by atoms with E-state index in [1.54, 1.807) is 11.8 Å². The first kappa shape index (κ1) is 15.9. The van der Waals surface area contributed by atoms with Crippen LogP contribution in [0, 0.1) is 6.92 Å². The summed E-state index contributed by atoms with van der Waals surface area (Å²) in [6.45, 7) is 6.49. The van der Waals surface area contributed by atoms with Gasteiger partial charge < -0.3 is 14.9 Å². The predicted molar refractivity (Wildman–Crippen MR) is 75.3 cm³/mol. The molecule has 1 rings (SSSR count). The number of carbonyl (C=O) groups excluding carboxylic acids is 1. The number of carboxylic acid groups (broad SMARTS) is 1. The molecule has 0 saturated carbocycles. The van der Waals surface area contributed by atoms with Gasteiger partial charge in [0.15, 0.2) is 0 Å². The first-order valence-electron chi connectivity index (χ1n) is 6.66. The molecule has 6 heteroatoms. The summed E-state index contributed by atoms with van der Waals surface area (Å²) in [6, 6.07) is 5.37. The van der Waals surface area contributed by atoms with Crippen molar-refractivity contribution in [2.24, 2.45) is 0 Å². The molecule has 0 aliphatic heterocycles. The standard InChI is InChI=1S/C14H21N3O3/c1-4-16(9-12-8-6-7-11(3)15-12)14(20)17(5-2)10-13(18)19/h6-8H,4-5,9-10H2,1-3H3,(H,18,19). The second-order valence-electron chi connectivity index (χ2n) is 4.47. The third-order valence-electron chi connectivity index (χ3n) is 2.93. The first-order chi connectivity index (χ1) is 9.47. The summed E-state index contributed by atoms with van der Waals surface area (Å²) in [7, 11) is 0. The van der Waals surface area contributed by atoms with Crippen molar-refractivity contribution >= 4 is 12.0 Å². The van der Waals surface area contributed by atoms with Crippen molar-refractivity contribution in [2.75, 3.05) is 19.6 Å². The van der Waals surface area contributed by atoms with Gasteiger partial charge in [-0.3, -0.25) is 9.78 Å². The van der Waals surface area contributed by atoms with E-state index in [-0.39, 0.29) is 12.6 Å². The van der Waals surface area contributed by atoms with E-state index in [0.29, 0.717) is 19.6 Å². The van der Waals surface area contributed by atoms with Crippen LogP contribution in [0.2, 0.25) is 0 Å². The highest BCUT2D eigenvalue weighted by molar-refractivity contribution is 5.80. The monoisotopic (exact) mass is 279 g/mol. The number of hydrogen-bond acceptors (Lipinski definition) is 3. The number of urea groups is 1. The van der Waals surface area contributed by atoms with Gasteiger partial charge >= 0.3 is 12.0 Å². The normalized spacial score (nSPS) is 10.2. The van der Waals surface area contributed by atoms with Crippen molar-refractivity contribution in [3.8, 4) is 0 Å². The van der Waals surface area contributed by atoms with Crippen molar-refractivity contribution in [2.45, 2.75) is 27.3 Å². The molecule has 1 aromatic rings. The van der Waals surface area contributed by atoms with E-state index in [9.17, 15) is 9.59 Å². The molecule has 0 aliphatic rings. The maximum absolute atomic E-state index is 12.3. The average Bonchev–Trinajstić information content (AvgIpc) is 2.41. The Hall–Kier alpha value is -2.11.